The van der Waals surface area contributed by atoms with Gasteiger partial charge in [-0.2, -0.15) is 0 Å². The van der Waals surface area contributed by atoms with Crippen LogP contribution >= 0.6 is 0 Å². The summed E-state index contributed by atoms with van der Waals surface area (Å²) in [4.78, 5) is 14.1. The molecule has 0 aliphatic carbocycles. The zero-order valence-electron chi connectivity index (χ0n) is 13.2. The molecule has 0 saturated carbocycles. The van der Waals surface area contributed by atoms with E-state index >= 15 is 0 Å². The van der Waals surface area contributed by atoms with Gasteiger partial charge in [-0.3, -0.25) is 0 Å². The van der Waals surface area contributed by atoms with E-state index in [9.17, 15) is 0 Å². The first-order valence-electron chi connectivity index (χ1n) is 7.49. The molecule has 112 valence electrons. The average molecular weight is 277 g/mol. The van der Waals surface area contributed by atoms with Gasteiger partial charge in [0.1, 0.15) is 0 Å². The van der Waals surface area contributed by atoms with Crippen LogP contribution in [0.4, 0.5) is 5.95 Å². The molecule has 1 aromatic heterocycles. The molecular weight excluding hydrogens is 250 g/mol. The number of aryl methyl sites for hydroxylation is 2. The Bertz CT molecular complexity index is 429. The molecule has 2 rings (SSSR count). The summed E-state index contributed by atoms with van der Waals surface area (Å²) in [5.41, 5.74) is 9.20. The molecule has 1 aromatic rings. The normalized spacial score (nSPS) is 18.4. The average Bonchev–Trinajstić information content (AvgIpc) is 2.43. The van der Waals surface area contributed by atoms with Gasteiger partial charge in [0.25, 0.3) is 0 Å². The van der Waals surface area contributed by atoms with Crippen LogP contribution in [0.2, 0.25) is 0 Å². The predicted octanol–water partition coefficient (Wildman–Crippen LogP) is 0.983. The molecule has 20 heavy (non-hydrogen) atoms. The first kappa shape index (κ1) is 15.2. The third-order valence-electron chi connectivity index (χ3n) is 4.15. The number of nitrogens with two attached hydrogens (primary N) is 1. The Balaban J connectivity index is 2.17. The number of likely N-dealkylation sites (N-methyl/N-ethyl adjacent to an activating group) is 1. The van der Waals surface area contributed by atoms with E-state index in [-0.39, 0.29) is 0 Å². The van der Waals surface area contributed by atoms with E-state index in [1.807, 2.05) is 0 Å². The highest BCUT2D eigenvalue weighted by atomic mass is 15.3. The summed E-state index contributed by atoms with van der Waals surface area (Å²) < 4.78 is 0. The second kappa shape index (κ2) is 6.50. The fraction of sp³-hybridized carbons (Fsp3) is 0.733. The highest BCUT2D eigenvalue weighted by molar-refractivity contribution is 5.37. The third kappa shape index (κ3) is 3.46. The Morgan fingerprint density at radius 3 is 2.15 bits per heavy atom. The van der Waals surface area contributed by atoms with Gasteiger partial charge in [0.05, 0.1) is 0 Å². The van der Waals surface area contributed by atoms with Gasteiger partial charge in [-0.1, -0.05) is 6.92 Å². The van der Waals surface area contributed by atoms with Crippen molar-refractivity contribution >= 4 is 5.95 Å². The second-order valence-corrected chi connectivity index (χ2v) is 6.01. The molecule has 1 aliphatic heterocycles. The van der Waals surface area contributed by atoms with Gasteiger partial charge in [-0.15, -0.1) is 0 Å². The molecule has 5 nitrogen and oxygen atoms in total. The Kier molecular flexibility index (Phi) is 4.94. The summed E-state index contributed by atoms with van der Waals surface area (Å²) in [5.74, 6) is 1.36. The van der Waals surface area contributed by atoms with Crippen molar-refractivity contribution in [1.82, 2.24) is 14.9 Å². The van der Waals surface area contributed by atoms with Crippen molar-refractivity contribution in [2.75, 3.05) is 44.7 Å². The molecule has 2 N–H and O–H groups in total. The lowest BCUT2D eigenvalue weighted by molar-refractivity contribution is 0.311. The molecule has 0 bridgehead atoms. The van der Waals surface area contributed by atoms with Gasteiger partial charge in [0, 0.05) is 37.6 Å². The van der Waals surface area contributed by atoms with E-state index in [0.29, 0.717) is 12.5 Å². The number of rotatable bonds is 4. The number of nitrogens with zero attached hydrogens (tertiary/aromatic N) is 4. The van der Waals surface area contributed by atoms with E-state index in [1.54, 1.807) is 0 Å². The van der Waals surface area contributed by atoms with Crippen LogP contribution in [-0.2, 0) is 6.42 Å². The zero-order chi connectivity index (χ0) is 14.7. The Morgan fingerprint density at radius 1 is 1.10 bits per heavy atom. The van der Waals surface area contributed by atoms with Crippen molar-refractivity contribution < 1.29 is 0 Å². The summed E-state index contributed by atoms with van der Waals surface area (Å²) in [7, 11) is 2.16. The van der Waals surface area contributed by atoms with Crippen molar-refractivity contribution in [2.24, 2.45) is 11.7 Å². The molecule has 1 atom stereocenters. The topological polar surface area (TPSA) is 58.3 Å². The second-order valence-electron chi connectivity index (χ2n) is 6.01. The van der Waals surface area contributed by atoms with Crippen LogP contribution in [0.1, 0.15) is 23.9 Å². The van der Waals surface area contributed by atoms with Gasteiger partial charge in [-0.05, 0) is 45.3 Å². The van der Waals surface area contributed by atoms with Gasteiger partial charge >= 0.3 is 0 Å². The molecule has 1 unspecified atom stereocenters. The number of aromatic nitrogens is 2. The summed E-state index contributed by atoms with van der Waals surface area (Å²) in [6.45, 7) is 11.2. The maximum atomic E-state index is 5.73. The van der Waals surface area contributed by atoms with E-state index < -0.39 is 0 Å². The van der Waals surface area contributed by atoms with Gasteiger partial charge in [-0.25, -0.2) is 9.97 Å². The molecule has 0 spiro atoms. The molecule has 1 saturated heterocycles. The van der Waals surface area contributed by atoms with Crippen LogP contribution in [0.15, 0.2) is 0 Å². The predicted molar refractivity (Wildman–Crippen MR) is 83.1 cm³/mol. The van der Waals surface area contributed by atoms with Crippen LogP contribution in [0.5, 0.6) is 0 Å². The minimum absolute atomic E-state index is 0.477. The minimum Gasteiger partial charge on any atom is -0.338 e. The van der Waals surface area contributed by atoms with Gasteiger partial charge in [0.2, 0.25) is 5.95 Å². The molecule has 5 heteroatoms. The molecular formula is C15H27N5. The van der Waals surface area contributed by atoms with Crippen LogP contribution in [0.3, 0.4) is 0 Å². The first-order chi connectivity index (χ1) is 9.51. The van der Waals surface area contributed by atoms with Crippen molar-refractivity contribution in [3.8, 4) is 0 Å². The Morgan fingerprint density at radius 2 is 1.65 bits per heavy atom. The van der Waals surface area contributed by atoms with Crippen LogP contribution in [0.25, 0.3) is 0 Å². The highest BCUT2D eigenvalue weighted by Crippen LogP contribution is 2.19. The van der Waals surface area contributed by atoms with Gasteiger partial charge in [0.15, 0.2) is 0 Å². The number of hydrogen-bond donors (Lipinski definition) is 1. The van der Waals surface area contributed by atoms with E-state index in [2.05, 4.69) is 37.6 Å². The fourth-order valence-corrected chi connectivity index (χ4v) is 2.60. The van der Waals surface area contributed by atoms with Crippen molar-refractivity contribution in [3.63, 3.8) is 0 Å². The summed E-state index contributed by atoms with van der Waals surface area (Å²) in [6.07, 6.45) is 0.969. The number of anilines is 1. The standard InChI is InChI=1S/C15H27N5/c1-11(10-16)9-14-12(2)17-15(18-13(14)3)20-7-5-19(4)6-8-20/h11H,5-10,16H2,1-4H3. The van der Waals surface area contributed by atoms with Crippen LogP contribution < -0.4 is 10.6 Å². The quantitative estimate of drug-likeness (QED) is 0.889. The Hall–Kier alpha value is -1.20. The largest absolute Gasteiger partial charge is 0.338 e. The van der Waals surface area contributed by atoms with Crippen molar-refractivity contribution in [2.45, 2.75) is 27.2 Å². The summed E-state index contributed by atoms with van der Waals surface area (Å²) in [5, 5.41) is 0. The summed E-state index contributed by atoms with van der Waals surface area (Å²) in [6, 6.07) is 0. The van der Waals surface area contributed by atoms with E-state index in [4.69, 9.17) is 15.7 Å². The third-order valence-corrected chi connectivity index (χ3v) is 4.15. The lowest BCUT2D eigenvalue weighted by Gasteiger charge is -2.32. The molecule has 0 amide bonds. The van der Waals surface area contributed by atoms with E-state index in [1.165, 1.54) is 5.56 Å². The highest BCUT2D eigenvalue weighted by Gasteiger charge is 2.19. The molecule has 0 radical (unpaired) electrons. The molecule has 2 heterocycles. The lowest BCUT2D eigenvalue weighted by Crippen LogP contribution is -2.45. The van der Waals surface area contributed by atoms with E-state index in [0.717, 1.165) is 49.9 Å². The smallest absolute Gasteiger partial charge is 0.225 e. The monoisotopic (exact) mass is 277 g/mol. The van der Waals surface area contributed by atoms with Crippen LogP contribution in [-0.4, -0.2) is 54.6 Å². The van der Waals surface area contributed by atoms with Crippen molar-refractivity contribution in [1.29, 1.82) is 0 Å². The first-order valence-corrected chi connectivity index (χ1v) is 7.49. The zero-order valence-corrected chi connectivity index (χ0v) is 13.2. The van der Waals surface area contributed by atoms with Crippen molar-refractivity contribution in [3.05, 3.63) is 17.0 Å². The minimum atomic E-state index is 0.477. The van der Waals surface area contributed by atoms with Gasteiger partial charge < -0.3 is 15.5 Å². The molecule has 0 aromatic carbocycles. The number of piperazine rings is 1. The molecule has 1 aliphatic rings. The molecule has 1 fully saturated rings. The lowest BCUT2D eigenvalue weighted by atomic mass is 9.99. The summed E-state index contributed by atoms with van der Waals surface area (Å²) >= 11 is 0. The van der Waals surface area contributed by atoms with Crippen LogP contribution in [0, 0.1) is 19.8 Å². The number of hydrogen-bond acceptors (Lipinski definition) is 5. The maximum Gasteiger partial charge on any atom is 0.225 e. The fourth-order valence-electron chi connectivity index (χ4n) is 2.60. The SMILES string of the molecule is Cc1nc(N2CCN(C)CC2)nc(C)c1CC(C)CN. The Labute approximate surface area is 122 Å². The maximum absolute atomic E-state index is 5.73.